The van der Waals surface area contributed by atoms with Gasteiger partial charge in [-0.1, -0.05) is 50.1 Å². The summed E-state index contributed by atoms with van der Waals surface area (Å²) in [4.78, 5) is 13.9. The number of nitrogen functional groups attached to an aromatic ring is 1. The fraction of sp³-hybridized carbons (Fsp3) is 0.348. The lowest BCUT2D eigenvalue weighted by molar-refractivity contribution is 0.326. The summed E-state index contributed by atoms with van der Waals surface area (Å²) in [5.41, 5.74) is 7.58. The molecule has 1 saturated heterocycles. The van der Waals surface area contributed by atoms with Crippen molar-refractivity contribution in [2.24, 2.45) is 0 Å². The number of pyridine rings is 1. The fourth-order valence-corrected chi connectivity index (χ4v) is 4.94. The zero-order valence-electron chi connectivity index (χ0n) is 17.2. The van der Waals surface area contributed by atoms with Gasteiger partial charge in [-0.3, -0.25) is 0 Å². The highest BCUT2D eigenvalue weighted by Crippen LogP contribution is 2.42. The van der Waals surface area contributed by atoms with Crippen molar-refractivity contribution in [1.82, 2.24) is 9.97 Å². The van der Waals surface area contributed by atoms with Crippen molar-refractivity contribution in [3.05, 3.63) is 65.2 Å². The highest BCUT2D eigenvalue weighted by atomic mass is 32.1. The van der Waals surface area contributed by atoms with Gasteiger partial charge in [-0.25, -0.2) is 9.97 Å². The Morgan fingerprint density at radius 2 is 2.03 bits per heavy atom. The molecule has 1 aliphatic heterocycles. The first-order chi connectivity index (χ1) is 14.7. The minimum absolute atomic E-state index is 0.277. The van der Waals surface area contributed by atoms with Crippen LogP contribution in [0.3, 0.4) is 0 Å². The van der Waals surface area contributed by atoms with Crippen LogP contribution in [0.4, 0.5) is 16.8 Å². The lowest BCUT2D eigenvalue weighted by Crippen LogP contribution is -2.61. The van der Waals surface area contributed by atoms with Gasteiger partial charge in [-0.15, -0.1) is 11.3 Å². The van der Waals surface area contributed by atoms with E-state index in [1.807, 2.05) is 12.1 Å². The van der Waals surface area contributed by atoms with E-state index >= 15 is 0 Å². The van der Waals surface area contributed by atoms with Crippen molar-refractivity contribution in [3.63, 3.8) is 0 Å². The van der Waals surface area contributed by atoms with E-state index < -0.39 is 0 Å². The average molecular weight is 419 g/mol. The Morgan fingerprint density at radius 1 is 1.20 bits per heavy atom. The Hall–Kier alpha value is -3.11. The number of hydrogen-bond acceptors (Lipinski definition) is 7. The third-order valence-corrected chi connectivity index (χ3v) is 6.47. The Labute approximate surface area is 181 Å². The maximum atomic E-state index is 9.62. The molecule has 0 bridgehead atoms. The number of hydrogen-bond donors (Lipinski definition) is 1. The molecule has 4 rings (SSSR count). The average Bonchev–Trinajstić information content (AvgIpc) is 3.23. The maximum Gasteiger partial charge on any atom is 0.182 e. The van der Waals surface area contributed by atoms with Gasteiger partial charge in [0.2, 0.25) is 0 Å². The minimum atomic E-state index is -0.277. The highest BCUT2D eigenvalue weighted by molar-refractivity contribution is 7.13. The molecule has 1 fully saturated rings. The van der Waals surface area contributed by atoms with E-state index in [1.165, 1.54) is 16.9 Å². The first-order valence-corrected chi connectivity index (χ1v) is 11.2. The third-order valence-electron chi connectivity index (χ3n) is 5.81. The van der Waals surface area contributed by atoms with Crippen LogP contribution in [0.2, 0.25) is 0 Å². The molecule has 6 nitrogen and oxygen atoms in total. The predicted octanol–water partition coefficient (Wildman–Crippen LogP) is 4.40. The summed E-state index contributed by atoms with van der Waals surface area (Å²) in [6.45, 7) is 4.50. The van der Waals surface area contributed by atoms with Crippen LogP contribution in [0.25, 0.3) is 0 Å². The number of nitrogens with two attached hydrogens (primary N) is 1. The smallest absolute Gasteiger partial charge is 0.182 e. The second-order valence-electron chi connectivity index (χ2n) is 7.60. The molecule has 0 aliphatic carbocycles. The molecule has 7 heteroatoms. The second kappa shape index (κ2) is 8.72. The molecule has 0 saturated carbocycles. The van der Waals surface area contributed by atoms with Crippen LogP contribution in [-0.2, 0) is 5.54 Å². The zero-order valence-corrected chi connectivity index (χ0v) is 18.0. The van der Waals surface area contributed by atoms with Crippen molar-refractivity contribution < 1.29 is 0 Å². The number of anilines is 3. The van der Waals surface area contributed by atoms with Gasteiger partial charge in [-0.2, -0.15) is 5.26 Å². The SMILES string of the molecule is CCCCC1(c2ccccc2)CN(c2ncccc2C#N)CCN1c1csc(N)n1. The van der Waals surface area contributed by atoms with Gasteiger partial charge in [0, 0.05) is 31.2 Å². The van der Waals surface area contributed by atoms with Crippen molar-refractivity contribution in [1.29, 1.82) is 5.26 Å². The quantitative estimate of drug-likeness (QED) is 0.639. The number of unbranched alkanes of at least 4 members (excludes halogenated alkanes) is 1. The molecule has 2 aromatic heterocycles. The lowest BCUT2D eigenvalue weighted by atomic mass is 9.81. The summed E-state index contributed by atoms with van der Waals surface area (Å²) >= 11 is 1.48. The monoisotopic (exact) mass is 418 g/mol. The van der Waals surface area contributed by atoms with E-state index in [0.29, 0.717) is 10.7 Å². The van der Waals surface area contributed by atoms with Crippen LogP contribution >= 0.6 is 11.3 Å². The van der Waals surface area contributed by atoms with Crippen molar-refractivity contribution in [3.8, 4) is 6.07 Å². The maximum absolute atomic E-state index is 9.62. The standard InChI is InChI=1S/C23H26N6S/c1-2-3-11-23(19-9-5-4-6-10-19)17-28(21-18(15-24)8-7-12-26-21)13-14-29(23)20-16-30-22(25)27-20/h4-10,12,16H,2-3,11,13-14,17H2,1H3,(H2,25,27). The summed E-state index contributed by atoms with van der Waals surface area (Å²) in [5, 5.41) is 12.3. The highest BCUT2D eigenvalue weighted by Gasteiger charge is 2.44. The van der Waals surface area contributed by atoms with Gasteiger partial charge in [0.15, 0.2) is 5.13 Å². The largest absolute Gasteiger partial charge is 0.375 e. The minimum Gasteiger partial charge on any atom is -0.375 e. The molecule has 3 aromatic rings. The zero-order chi connectivity index (χ0) is 21.0. The molecule has 1 unspecified atom stereocenters. The van der Waals surface area contributed by atoms with E-state index in [1.54, 1.807) is 6.20 Å². The van der Waals surface area contributed by atoms with Gasteiger partial charge >= 0.3 is 0 Å². The van der Waals surface area contributed by atoms with E-state index in [0.717, 1.165) is 50.5 Å². The molecule has 0 spiro atoms. The van der Waals surface area contributed by atoms with E-state index in [9.17, 15) is 5.26 Å². The number of thiazole rings is 1. The van der Waals surface area contributed by atoms with Crippen LogP contribution in [0.5, 0.6) is 0 Å². The molecule has 1 atom stereocenters. The fourth-order valence-electron chi connectivity index (χ4n) is 4.39. The van der Waals surface area contributed by atoms with Crippen LogP contribution in [0.1, 0.15) is 37.3 Å². The Kier molecular flexibility index (Phi) is 5.86. The van der Waals surface area contributed by atoms with Crippen LogP contribution in [0.15, 0.2) is 54.0 Å². The summed E-state index contributed by atoms with van der Waals surface area (Å²) in [6, 6.07) is 16.6. The second-order valence-corrected chi connectivity index (χ2v) is 8.49. The topological polar surface area (TPSA) is 82.1 Å². The Balaban J connectivity index is 1.82. The molecule has 0 radical (unpaired) electrons. The van der Waals surface area contributed by atoms with Gasteiger partial charge in [0.1, 0.15) is 17.7 Å². The molecule has 30 heavy (non-hydrogen) atoms. The number of nitrogens with zero attached hydrogens (tertiary/aromatic N) is 5. The van der Waals surface area contributed by atoms with Gasteiger partial charge in [-0.05, 0) is 24.1 Å². The lowest BCUT2D eigenvalue weighted by Gasteiger charge is -2.52. The molecular weight excluding hydrogens is 392 g/mol. The number of rotatable bonds is 6. The summed E-state index contributed by atoms with van der Waals surface area (Å²) in [7, 11) is 0. The van der Waals surface area contributed by atoms with E-state index in [4.69, 9.17) is 5.73 Å². The third kappa shape index (κ3) is 3.71. The van der Waals surface area contributed by atoms with Crippen LogP contribution in [-0.4, -0.2) is 29.6 Å². The number of piperazine rings is 1. The summed E-state index contributed by atoms with van der Waals surface area (Å²) in [5.74, 6) is 1.69. The normalized spacial score (nSPS) is 18.9. The van der Waals surface area contributed by atoms with Crippen LogP contribution < -0.4 is 15.5 Å². The summed E-state index contributed by atoms with van der Waals surface area (Å²) in [6.07, 6.45) is 4.94. The predicted molar refractivity (Wildman–Crippen MR) is 123 cm³/mol. The van der Waals surface area contributed by atoms with Gasteiger partial charge < -0.3 is 15.5 Å². The summed E-state index contributed by atoms with van der Waals surface area (Å²) < 4.78 is 0. The number of aromatic nitrogens is 2. The molecule has 154 valence electrons. The van der Waals surface area contributed by atoms with Crippen molar-refractivity contribution in [2.75, 3.05) is 35.2 Å². The Bertz CT molecular complexity index is 1030. The van der Waals surface area contributed by atoms with Gasteiger partial charge in [0.25, 0.3) is 0 Å². The van der Waals surface area contributed by atoms with Crippen molar-refractivity contribution in [2.45, 2.75) is 31.7 Å². The molecule has 2 N–H and O–H groups in total. The molecule has 3 heterocycles. The first-order valence-electron chi connectivity index (χ1n) is 10.3. The first kappa shape index (κ1) is 20.2. The van der Waals surface area contributed by atoms with Crippen molar-refractivity contribution >= 4 is 28.1 Å². The van der Waals surface area contributed by atoms with E-state index in [-0.39, 0.29) is 5.54 Å². The molecular formula is C23H26N6S. The molecule has 1 aliphatic rings. The Morgan fingerprint density at radius 3 is 2.73 bits per heavy atom. The molecule has 1 aromatic carbocycles. The number of nitriles is 1. The number of benzene rings is 1. The van der Waals surface area contributed by atoms with Crippen LogP contribution in [0, 0.1) is 11.3 Å². The van der Waals surface area contributed by atoms with E-state index in [2.05, 4.69) is 68.5 Å². The molecule has 0 amide bonds. The van der Waals surface area contributed by atoms with Gasteiger partial charge in [0.05, 0.1) is 11.1 Å².